The van der Waals surface area contributed by atoms with E-state index in [1.165, 1.54) is 20.3 Å². The monoisotopic (exact) mass is 591 g/mol. The molecule has 0 aliphatic carbocycles. The Kier molecular flexibility index (Phi) is 9.06. The second-order valence-electron chi connectivity index (χ2n) is 7.66. The molecule has 0 fully saturated rings. The Morgan fingerprint density at radius 1 is 0.974 bits per heavy atom. The van der Waals surface area contributed by atoms with Gasteiger partial charge in [0.05, 0.1) is 19.8 Å². The summed E-state index contributed by atoms with van der Waals surface area (Å²) in [4.78, 5) is 16.4. The van der Waals surface area contributed by atoms with Gasteiger partial charge in [0.25, 0.3) is 0 Å². The third-order valence-electron chi connectivity index (χ3n) is 5.18. The number of aromatic amines is 1. The number of benzene rings is 3. The van der Waals surface area contributed by atoms with E-state index in [2.05, 4.69) is 15.2 Å². The van der Waals surface area contributed by atoms with Gasteiger partial charge < -0.3 is 19.3 Å². The molecule has 1 aromatic heterocycles. The Bertz CT molecular complexity index is 1510. The number of aliphatic carboxylic acids is 1. The van der Waals surface area contributed by atoms with E-state index in [9.17, 15) is 9.90 Å². The molecule has 0 amide bonds. The van der Waals surface area contributed by atoms with Crippen LogP contribution in [0.4, 0.5) is 0 Å². The smallest absolute Gasteiger partial charge is 0.342 e. The molecule has 0 spiro atoms. The molecule has 0 radical (unpaired) electrons. The molecule has 0 aliphatic rings. The number of thioether (sulfide) groups is 1. The molecule has 8 nitrogen and oxygen atoms in total. The summed E-state index contributed by atoms with van der Waals surface area (Å²) in [6.07, 6.45) is 1.49. The van der Waals surface area contributed by atoms with Crippen molar-refractivity contribution >= 4 is 58.6 Å². The highest BCUT2D eigenvalue weighted by Gasteiger charge is 2.17. The average molecular weight is 593 g/mol. The number of methoxy groups -OCH3 is 2. The maximum absolute atomic E-state index is 12.0. The second-order valence-corrected chi connectivity index (χ2v) is 9.95. The average Bonchev–Trinajstić information content (AvgIpc) is 3.36. The summed E-state index contributed by atoms with van der Waals surface area (Å²) in [5, 5.41) is 18.5. The normalized spacial score (nSPS) is 11.3. The summed E-state index contributed by atoms with van der Waals surface area (Å²) in [7, 11) is 3.03. The Morgan fingerprint density at radius 2 is 1.68 bits per heavy atom. The number of nitrogens with zero attached hydrogens (tertiary/aromatic N) is 2. The number of carboxylic acid groups (broad SMARTS) is 1. The number of H-pyrrole nitrogens is 1. The van der Waals surface area contributed by atoms with E-state index in [4.69, 9.17) is 49.0 Å². The predicted molar refractivity (Wildman–Crippen MR) is 149 cm³/mol. The van der Waals surface area contributed by atoms with Crippen LogP contribution in [0.25, 0.3) is 17.5 Å². The number of carboxylic acids is 1. The Labute approximate surface area is 237 Å². The van der Waals surface area contributed by atoms with E-state index in [1.807, 2.05) is 0 Å². The molecule has 0 atom stereocenters. The largest absolute Gasteiger partial charge is 0.496 e. The minimum absolute atomic E-state index is 0.00252. The van der Waals surface area contributed by atoms with E-state index >= 15 is 0 Å². The van der Waals surface area contributed by atoms with Gasteiger partial charge in [0, 0.05) is 20.6 Å². The molecule has 0 unspecified atom stereocenters. The summed E-state index contributed by atoms with van der Waals surface area (Å²) in [6.45, 7) is 0.197. The van der Waals surface area contributed by atoms with E-state index in [1.54, 1.807) is 54.6 Å². The van der Waals surface area contributed by atoms with Crippen LogP contribution < -0.4 is 14.2 Å². The van der Waals surface area contributed by atoms with Crippen molar-refractivity contribution in [2.45, 2.75) is 11.8 Å². The van der Waals surface area contributed by atoms with Gasteiger partial charge in [-0.15, -0.1) is 5.10 Å². The lowest BCUT2D eigenvalue weighted by molar-refractivity contribution is -0.131. The molecule has 38 heavy (non-hydrogen) atoms. The van der Waals surface area contributed by atoms with Crippen molar-refractivity contribution in [1.82, 2.24) is 15.2 Å². The van der Waals surface area contributed by atoms with Crippen LogP contribution in [-0.2, 0) is 11.4 Å². The first-order valence-electron chi connectivity index (χ1n) is 10.9. The second kappa shape index (κ2) is 12.4. The lowest BCUT2D eigenvalue weighted by Gasteiger charge is -2.12. The van der Waals surface area contributed by atoms with Crippen LogP contribution in [0.5, 0.6) is 17.2 Å². The Morgan fingerprint density at radius 3 is 2.39 bits per heavy atom. The van der Waals surface area contributed by atoms with Crippen molar-refractivity contribution in [3.05, 3.63) is 85.7 Å². The van der Waals surface area contributed by atoms with Crippen LogP contribution in [0.3, 0.4) is 0 Å². The van der Waals surface area contributed by atoms with Gasteiger partial charge in [-0.25, -0.2) is 9.78 Å². The van der Waals surface area contributed by atoms with Crippen LogP contribution in [0.2, 0.25) is 15.1 Å². The highest BCUT2D eigenvalue weighted by molar-refractivity contribution is 8.04. The summed E-state index contributed by atoms with van der Waals surface area (Å²) in [5.41, 5.74) is 1.93. The molecular formula is C26H20Cl3N3O5S. The number of halogens is 3. The lowest BCUT2D eigenvalue weighted by atomic mass is 10.2. The number of ether oxygens (including phenoxy) is 3. The first-order valence-corrected chi connectivity index (χ1v) is 12.9. The van der Waals surface area contributed by atoms with E-state index in [0.717, 1.165) is 17.3 Å². The molecule has 1 heterocycles. The minimum atomic E-state index is -1.14. The predicted octanol–water partition coefficient (Wildman–Crippen LogP) is 7.25. The van der Waals surface area contributed by atoms with Crippen LogP contribution >= 0.6 is 46.6 Å². The van der Waals surface area contributed by atoms with Crippen LogP contribution in [0, 0.1) is 0 Å². The van der Waals surface area contributed by atoms with Crippen LogP contribution in [-0.4, -0.2) is 40.5 Å². The third kappa shape index (κ3) is 6.73. The number of aromatic nitrogens is 3. The first kappa shape index (κ1) is 27.7. The van der Waals surface area contributed by atoms with Gasteiger partial charge in [0.1, 0.15) is 17.3 Å². The molecule has 4 rings (SSSR count). The molecule has 0 aliphatic heterocycles. The molecule has 0 saturated carbocycles. The van der Waals surface area contributed by atoms with E-state index in [0.29, 0.717) is 49.3 Å². The lowest BCUT2D eigenvalue weighted by Crippen LogP contribution is -1.99. The Balaban J connectivity index is 1.53. The van der Waals surface area contributed by atoms with Gasteiger partial charge in [-0.1, -0.05) is 46.9 Å². The van der Waals surface area contributed by atoms with E-state index < -0.39 is 5.97 Å². The van der Waals surface area contributed by atoms with Crippen molar-refractivity contribution < 1.29 is 24.1 Å². The Hall–Kier alpha value is -3.37. The van der Waals surface area contributed by atoms with Crippen molar-refractivity contribution in [2.75, 3.05) is 14.2 Å². The van der Waals surface area contributed by atoms with Crippen LogP contribution in [0.1, 0.15) is 11.1 Å². The summed E-state index contributed by atoms with van der Waals surface area (Å²) >= 11 is 19.2. The van der Waals surface area contributed by atoms with Gasteiger partial charge in [-0.3, -0.25) is 5.10 Å². The van der Waals surface area contributed by atoms with Crippen molar-refractivity contribution in [3.8, 4) is 28.6 Å². The molecule has 12 heteroatoms. The zero-order valence-electron chi connectivity index (χ0n) is 20.0. The number of hydrogen-bond acceptors (Lipinski definition) is 7. The summed E-state index contributed by atoms with van der Waals surface area (Å²) in [5.74, 6) is 0.684. The number of rotatable bonds is 10. The fourth-order valence-corrected chi connectivity index (χ4v) is 4.69. The fourth-order valence-electron chi connectivity index (χ4n) is 3.35. The van der Waals surface area contributed by atoms with Gasteiger partial charge in [0.15, 0.2) is 17.3 Å². The molecule has 196 valence electrons. The maximum atomic E-state index is 12.0. The number of hydrogen-bond donors (Lipinski definition) is 2. The highest BCUT2D eigenvalue weighted by atomic mass is 35.5. The molecule has 0 saturated heterocycles. The van der Waals surface area contributed by atoms with Crippen molar-refractivity contribution in [2.24, 2.45) is 0 Å². The molecule has 2 N–H and O–H groups in total. The quantitative estimate of drug-likeness (QED) is 0.147. The van der Waals surface area contributed by atoms with Gasteiger partial charge >= 0.3 is 5.97 Å². The minimum Gasteiger partial charge on any atom is -0.496 e. The van der Waals surface area contributed by atoms with Gasteiger partial charge in [-0.05, 0) is 65.9 Å². The summed E-state index contributed by atoms with van der Waals surface area (Å²) in [6, 6.07) is 15.3. The standard InChI is InChI=1S/C26H20Cl3N3O5S/c1-35-20-8-6-16(27)11-18(20)24-30-26(32-31-24)38-23(25(33)34)10-14-3-7-21(22(9-14)36-2)37-13-15-4-5-17(28)12-19(15)29/h3-12H,13H2,1-2H3,(H,33,34)(H,30,31,32)/b23-10-. The third-order valence-corrected chi connectivity index (χ3v) is 6.88. The fraction of sp³-hybridized carbons (Fsp3) is 0.115. The van der Waals surface area contributed by atoms with Gasteiger partial charge in [-0.2, -0.15) is 0 Å². The van der Waals surface area contributed by atoms with Crippen molar-refractivity contribution in [1.29, 1.82) is 0 Å². The molecular weight excluding hydrogens is 573 g/mol. The van der Waals surface area contributed by atoms with Gasteiger partial charge in [0.2, 0.25) is 5.16 Å². The topological polar surface area (TPSA) is 107 Å². The van der Waals surface area contributed by atoms with Crippen molar-refractivity contribution in [3.63, 3.8) is 0 Å². The number of nitrogens with one attached hydrogen (secondary N) is 1. The SMILES string of the molecule is COc1cc(/C=C(\Sc2n[nH]c(-c3cc(Cl)ccc3OC)n2)C(=O)O)ccc1OCc1ccc(Cl)cc1Cl. The number of carbonyl (C=O) groups is 1. The first-order chi connectivity index (χ1) is 18.3. The zero-order chi connectivity index (χ0) is 27.2. The molecule has 0 bridgehead atoms. The maximum Gasteiger partial charge on any atom is 0.342 e. The zero-order valence-corrected chi connectivity index (χ0v) is 23.1. The summed E-state index contributed by atoms with van der Waals surface area (Å²) < 4.78 is 16.7. The van der Waals surface area contributed by atoms with Crippen LogP contribution in [0.15, 0.2) is 64.7 Å². The highest BCUT2D eigenvalue weighted by Crippen LogP contribution is 2.35. The van der Waals surface area contributed by atoms with E-state index in [-0.39, 0.29) is 16.7 Å². The molecule has 3 aromatic carbocycles. The molecule has 4 aromatic rings.